The third-order valence-corrected chi connectivity index (χ3v) is 15.1. The first-order valence-corrected chi connectivity index (χ1v) is 19.5. The lowest BCUT2D eigenvalue weighted by Gasteiger charge is -1.99. The zero-order valence-electron chi connectivity index (χ0n) is 23.6. The lowest BCUT2D eigenvalue weighted by Crippen LogP contribution is -1.75. The van der Waals surface area contributed by atoms with Crippen LogP contribution in [0.4, 0.5) is 8.78 Å². The molecular formula is C38H18F2S6. The van der Waals surface area contributed by atoms with Crippen LogP contribution < -0.4 is 0 Å². The van der Waals surface area contributed by atoms with E-state index in [9.17, 15) is 0 Å². The molecule has 46 heavy (non-hydrogen) atoms. The Hall–Kier alpha value is -3.76. The van der Waals surface area contributed by atoms with Gasteiger partial charge in [0.2, 0.25) is 0 Å². The monoisotopic (exact) mass is 704 g/mol. The van der Waals surface area contributed by atoms with Crippen LogP contribution in [0.15, 0.2) is 108 Å². The number of halogens is 2. The lowest BCUT2D eigenvalue weighted by atomic mass is 10.1. The van der Waals surface area contributed by atoms with E-state index < -0.39 is 0 Å². The molecule has 0 bridgehead atoms. The van der Waals surface area contributed by atoms with E-state index in [0.29, 0.717) is 9.75 Å². The zero-order valence-corrected chi connectivity index (χ0v) is 28.5. The normalized spacial score (nSPS) is 12.1. The molecular weight excluding hydrogens is 687 g/mol. The Kier molecular flexibility index (Phi) is 6.17. The van der Waals surface area contributed by atoms with Crippen LogP contribution in [0, 0.1) is 11.6 Å². The van der Waals surface area contributed by atoms with Crippen molar-refractivity contribution in [3.63, 3.8) is 0 Å². The van der Waals surface area contributed by atoms with Gasteiger partial charge in [-0.05, 0) is 127 Å². The number of thiophene rings is 6. The summed E-state index contributed by atoms with van der Waals surface area (Å²) in [4.78, 5) is 5.43. The molecule has 10 aromatic rings. The van der Waals surface area contributed by atoms with Crippen LogP contribution in [-0.2, 0) is 0 Å². The second-order valence-corrected chi connectivity index (χ2v) is 17.4. The molecule has 0 N–H and O–H groups in total. The van der Waals surface area contributed by atoms with Crippen molar-refractivity contribution in [3.8, 4) is 40.4 Å². The first-order chi connectivity index (χ1) is 22.5. The quantitative estimate of drug-likeness (QED) is 0.171. The maximum atomic E-state index is 15.2. The van der Waals surface area contributed by atoms with E-state index in [4.69, 9.17) is 0 Å². The molecule has 0 aliphatic rings. The lowest BCUT2D eigenvalue weighted by molar-refractivity contribution is 0.636. The van der Waals surface area contributed by atoms with Gasteiger partial charge >= 0.3 is 0 Å². The predicted molar refractivity (Wildman–Crippen MR) is 203 cm³/mol. The summed E-state index contributed by atoms with van der Waals surface area (Å²) in [7, 11) is 0. The molecule has 0 nitrogen and oxygen atoms in total. The highest BCUT2D eigenvalue weighted by Gasteiger charge is 2.18. The minimum Gasteiger partial charge on any atom is -0.205 e. The van der Waals surface area contributed by atoms with Gasteiger partial charge in [-0.3, -0.25) is 0 Å². The Morgan fingerprint density at radius 1 is 0.348 bits per heavy atom. The van der Waals surface area contributed by atoms with Gasteiger partial charge in [-0.15, -0.1) is 68.0 Å². The highest BCUT2D eigenvalue weighted by atomic mass is 32.1. The van der Waals surface area contributed by atoms with E-state index in [1.165, 1.54) is 63.0 Å². The third-order valence-electron chi connectivity index (χ3n) is 8.41. The van der Waals surface area contributed by atoms with Crippen LogP contribution in [0.2, 0.25) is 0 Å². The smallest absolute Gasteiger partial charge is 0.142 e. The van der Waals surface area contributed by atoms with Gasteiger partial charge in [-0.25, -0.2) is 8.78 Å². The fourth-order valence-electron chi connectivity index (χ4n) is 6.13. The second kappa shape index (κ2) is 10.4. The van der Waals surface area contributed by atoms with Crippen molar-refractivity contribution in [2.75, 3.05) is 0 Å². The zero-order chi connectivity index (χ0) is 30.5. The summed E-state index contributed by atoms with van der Waals surface area (Å²) in [5, 5.41) is 11.2. The van der Waals surface area contributed by atoms with Gasteiger partial charge in [-0.2, -0.15) is 0 Å². The number of benzene rings is 4. The standard InChI is InChI=1S/C38H18F2S6/c39-27-17-35(45-37(27)21-3-1-19-5-7-41-29(19)11-21)33-15-25-9-23-14-32-26(10-24(23)13-31(25)43-33)16-34(44-32)36-18-28(40)38(46-36)22-4-2-20-6-8-42-30(20)12-22/h1-18H. The number of rotatable bonds is 4. The van der Waals surface area contributed by atoms with E-state index in [1.54, 1.807) is 57.5 Å². The maximum Gasteiger partial charge on any atom is 0.142 e. The molecule has 0 saturated carbocycles. The van der Waals surface area contributed by atoms with Crippen molar-refractivity contribution in [2.45, 2.75) is 0 Å². The predicted octanol–water partition coefficient (Wildman–Crippen LogP) is 14.8. The Bertz CT molecular complexity index is 2540. The first kappa shape index (κ1) is 27.4. The van der Waals surface area contributed by atoms with Crippen LogP contribution in [0.25, 0.3) is 91.5 Å². The molecule has 0 fully saturated rings. The molecule has 0 spiro atoms. The van der Waals surface area contributed by atoms with Crippen LogP contribution in [0.3, 0.4) is 0 Å². The van der Waals surface area contributed by atoms with Gasteiger partial charge in [0.25, 0.3) is 0 Å². The minimum absolute atomic E-state index is 0.170. The molecule has 0 aliphatic carbocycles. The molecule has 6 aromatic heterocycles. The van der Waals surface area contributed by atoms with Crippen molar-refractivity contribution in [3.05, 3.63) is 119 Å². The van der Waals surface area contributed by atoms with Crippen LogP contribution >= 0.6 is 68.0 Å². The van der Waals surface area contributed by atoms with Gasteiger partial charge in [0.05, 0.1) is 9.75 Å². The van der Waals surface area contributed by atoms with Gasteiger partial charge in [0.15, 0.2) is 0 Å². The van der Waals surface area contributed by atoms with Gasteiger partial charge in [-0.1, -0.05) is 24.3 Å². The molecule has 8 heteroatoms. The van der Waals surface area contributed by atoms with Gasteiger partial charge in [0, 0.05) is 38.3 Å². The van der Waals surface area contributed by atoms with Crippen LogP contribution in [-0.4, -0.2) is 0 Å². The Balaban J connectivity index is 0.998. The number of hydrogen-bond donors (Lipinski definition) is 0. The Morgan fingerprint density at radius 3 is 1.28 bits per heavy atom. The van der Waals surface area contributed by atoms with E-state index in [0.717, 1.165) is 41.4 Å². The average molecular weight is 705 g/mol. The molecule has 0 atom stereocenters. The highest BCUT2D eigenvalue weighted by Crippen LogP contribution is 2.46. The van der Waals surface area contributed by atoms with E-state index in [-0.39, 0.29) is 11.6 Å². The van der Waals surface area contributed by atoms with Crippen molar-refractivity contribution in [1.29, 1.82) is 0 Å². The SMILES string of the molecule is Fc1cc(-c2cc3cc4cc5sc(-c6cc(F)c(-c7ccc8ccsc8c7)s6)cc5cc4cc3s2)sc1-c1ccc2ccsc2c1. The van der Waals surface area contributed by atoms with Crippen molar-refractivity contribution in [1.82, 2.24) is 0 Å². The van der Waals surface area contributed by atoms with E-state index in [2.05, 4.69) is 83.6 Å². The highest BCUT2D eigenvalue weighted by molar-refractivity contribution is 7.28. The molecule has 0 unspecified atom stereocenters. The molecule has 4 aromatic carbocycles. The Morgan fingerprint density at radius 2 is 0.804 bits per heavy atom. The van der Waals surface area contributed by atoms with Crippen molar-refractivity contribution in [2.24, 2.45) is 0 Å². The molecule has 0 aliphatic heterocycles. The molecule has 220 valence electrons. The summed E-state index contributed by atoms with van der Waals surface area (Å²) in [5.74, 6) is -0.341. The molecule has 6 heterocycles. The summed E-state index contributed by atoms with van der Waals surface area (Å²) in [6.45, 7) is 0. The maximum absolute atomic E-state index is 15.2. The van der Waals surface area contributed by atoms with Crippen LogP contribution in [0.5, 0.6) is 0 Å². The molecule has 0 saturated heterocycles. The fourth-order valence-corrected chi connectivity index (χ4v) is 12.2. The van der Waals surface area contributed by atoms with Gasteiger partial charge in [0.1, 0.15) is 11.6 Å². The van der Waals surface area contributed by atoms with Crippen LogP contribution in [0.1, 0.15) is 0 Å². The number of fused-ring (bicyclic) bond motifs is 5. The van der Waals surface area contributed by atoms with Crippen molar-refractivity contribution >= 4 is 119 Å². The summed E-state index contributed by atoms with van der Waals surface area (Å²) in [6, 6.07) is 33.2. The largest absolute Gasteiger partial charge is 0.205 e. The van der Waals surface area contributed by atoms with E-state index >= 15 is 8.78 Å². The molecule has 0 radical (unpaired) electrons. The minimum atomic E-state index is -0.170. The summed E-state index contributed by atoms with van der Waals surface area (Å²) in [5.41, 5.74) is 1.85. The topological polar surface area (TPSA) is 0 Å². The van der Waals surface area contributed by atoms with E-state index in [1.807, 2.05) is 12.1 Å². The summed E-state index contributed by atoms with van der Waals surface area (Å²) in [6.07, 6.45) is 0. The first-order valence-electron chi connectivity index (χ1n) is 14.5. The Labute approximate surface area is 285 Å². The summed E-state index contributed by atoms with van der Waals surface area (Å²) < 4.78 is 35.2. The number of hydrogen-bond acceptors (Lipinski definition) is 6. The molecule has 10 rings (SSSR count). The average Bonchev–Trinajstić information content (AvgIpc) is 3.90. The molecule has 0 amide bonds. The fraction of sp³-hybridized carbons (Fsp3) is 0. The summed E-state index contributed by atoms with van der Waals surface area (Å²) >= 11 is 9.81. The van der Waals surface area contributed by atoms with Crippen molar-refractivity contribution < 1.29 is 8.78 Å². The third kappa shape index (κ3) is 4.43. The van der Waals surface area contributed by atoms with Gasteiger partial charge < -0.3 is 0 Å². The second-order valence-electron chi connectivity index (χ2n) is 11.3.